The Kier molecular flexibility index (Phi) is 5.70. The number of amides is 2. The molecule has 0 saturated heterocycles. The van der Waals surface area contributed by atoms with Gasteiger partial charge < -0.3 is 10.4 Å². The summed E-state index contributed by atoms with van der Waals surface area (Å²) in [6.07, 6.45) is 1.23. The molecule has 1 atom stereocenters. The maximum atomic E-state index is 13.3. The second-order valence-corrected chi connectivity index (χ2v) is 5.28. The van der Waals surface area contributed by atoms with Crippen molar-refractivity contribution in [2.45, 2.75) is 32.7 Å². The monoisotopic (exact) mass is 320 g/mol. The standard InChI is InChI=1S/C16H21FN4O2/c1-3-13(7-8-22)18-16(23)19-15-9-11(2)21(20-15)14-6-4-5-12(17)10-14/h4-6,9-10,13,22H,3,7-8H2,1-2H3,(H2,18,19,20,23). The lowest BCUT2D eigenvalue weighted by molar-refractivity contribution is 0.237. The van der Waals surface area contributed by atoms with Crippen molar-refractivity contribution in [3.8, 4) is 5.69 Å². The quantitative estimate of drug-likeness (QED) is 0.765. The zero-order chi connectivity index (χ0) is 16.8. The molecule has 1 unspecified atom stereocenters. The van der Waals surface area contributed by atoms with Crippen LogP contribution < -0.4 is 10.6 Å². The Hall–Kier alpha value is -2.41. The summed E-state index contributed by atoms with van der Waals surface area (Å²) < 4.78 is 14.9. The number of hydrogen-bond donors (Lipinski definition) is 3. The number of halogens is 1. The van der Waals surface area contributed by atoms with Crippen LogP contribution in [0, 0.1) is 12.7 Å². The third-order valence-electron chi connectivity index (χ3n) is 3.49. The number of urea groups is 1. The number of aliphatic hydroxyl groups is 1. The summed E-state index contributed by atoms with van der Waals surface area (Å²) in [4.78, 5) is 12.0. The average molecular weight is 320 g/mol. The zero-order valence-corrected chi connectivity index (χ0v) is 13.2. The number of anilines is 1. The van der Waals surface area contributed by atoms with E-state index >= 15 is 0 Å². The zero-order valence-electron chi connectivity index (χ0n) is 13.2. The van der Waals surface area contributed by atoms with E-state index in [1.165, 1.54) is 12.1 Å². The van der Waals surface area contributed by atoms with E-state index in [2.05, 4.69) is 15.7 Å². The molecular weight excluding hydrogens is 299 g/mol. The number of aliphatic hydroxyl groups excluding tert-OH is 1. The summed E-state index contributed by atoms with van der Waals surface area (Å²) in [6.45, 7) is 3.77. The molecule has 7 heteroatoms. The topological polar surface area (TPSA) is 79.2 Å². The van der Waals surface area contributed by atoms with E-state index in [0.717, 1.165) is 12.1 Å². The lowest BCUT2D eigenvalue weighted by atomic mass is 10.2. The SMILES string of the molecule is CCC(CCO)NC(=O)Nc1cc(C)n(-c2cccc(F)c2)n1. The highest BCUT2D eigenvalue weighted by atomic mass is 19.1. The molecule has 1 aromatic carbocycles. The number of nitrogens with one attached hydrogen (secondary N) is 2. The van der Waals surface area contributed by atoms with Crippen molar-refractivity contribution in [2.24, 2.45) is 0 Å². The van der Waals surface area contributed by atoms with Gasteiger partial charge >= 0.3 is 6.03 Å². The lowest BCUT2D eigenvalue weighted by Gasteiger charge is -2.15. The number of aromatic nitrogens is 2. The smallest absolute Gasteiger partial charge is 0.320 e. The molecule has 6 nitrogen and oxygen atoms in total. The van der Waals surface area contributed by atoms with Crippen LogP contribution in [0.4, 0.5) is 15.0 Å². The summed E-state index contributed by atoms with van der Waals surface area (Å²) in [5, 5.41) is 18.6. The normalized spacial score (nSPS) is 12.0. The maximum absolute atomic E-state index is 13.3. The third-order valence-corrected chi connectivity index (χ3v) is 3.49. The van der Waals surface area contributed by atoms with Gasteiger partial charge in [-0.05, 0) is 38.0 Å². The highest BCUT2D eigenvalue weighted by molar-refractivity contribution is 5.88. The Balaban J connectivity index is 2.07. The third kappa shape index (κ3) is 4.53. The first-order valence-corrected chi connectivity index (χ1v) is 7.54. The second kappa shape index (κ2) is 7.73. The second-order valence-electron chi connectivity index (χ2n) is 5.28. The molecule has 0 aliphatic heterocycles. The van der Waals surface area contributed by atoms with Gasteiger partial charge in [0, 0.05) is 24.4 Å². The molecule has 0 saturated carbocycles. The fourth-order valence-electron chi connectivity index (χ4n) is 2.28. The molecule has 0 aliphatic carbocycles. The van der Waals surface area contributed by atoms with Crippen LogP contribution in [0.25, 0.3) is 5.69 Å². The van der Waals surface area contributed by atoms with Crippen LogP contribution in [0.2, 0.25) is 0 Å². The Bertz CT molecular complexity index is 672. The van der Waals surface area contributed by atoms with Crippen molar-refractivity contribution in [3.05, 3.63) is 41.8 Å². The molecule has 23 heavy (non-hydrogen) atoms. The molecule has 3 N–H and O–H groups in total. The Labute approximate surface area is 134 Å². The first-order chi connectivity index (χ1) is 11.0. The molecule has 1 aromatic heterocycles. The van der Waals surface area contributed by atoms with Gasteiger partial charge in [-0.3, -0.25) is 5.32 Å². The van der Waals surface area contributed by atoms with E-state index in [4.69, 9.17) is 5.11 Å². The van der Waals surface area contributed by atoms with Gasteiger partial charge in [-0.1, -0.05) is 13.0 Å². The first kappa shape index (κ1) is 17.0. The number of benzene rings is 1. The highest BCUT2D eigenvalue weighted by Crippen LogP contribution is 2.16. The fraction of sp³-hybridized carbons (Fsp3) is 0.375. The minimum Gasteiger partial charge on any atom is -0.396 e. The average Bonchev–Trinajstić information content (AvgIpc) is 2.87. The molecule has 1 heterocycles. The minimum atomic E-state index is -0.380. The Morgan fingerprint density at radius 2 is 2.22 bits per heavy atom. The van der Waals surface area contributed by atoms with Gasteiger partial charge in [0.2, 0.25) is 0 Å². The van der Waals surface area contributed by atoms with E-state index in [-0.39, 0.29) is 24.5 Å². The van der Waals surface area contributed by atoms with Gasteiger partial charge in [0.15, 0.2) is 5.82 Å². The van der Waals surface area contributed by atoms with Gasteiger partial charge in [-0.15, -0.1) is 5.10 Å². The number of nitrogens with zero attached hydrogens (tertiary/aromatic N) is 2. The summed E-state index contributed by atoms with van der Waals surface area (Å²) in [6, 6.07) is 7.31. The molecule has 0 fully saturated rings. The van der Waals surface area contributed by atoms with Crippen LogP contribution >= 0.6 is 0 Å². The predicted molar refractivity (Wildman–Crippen MR) is 86.2 cm³/mol. The van der Waals surface area contributed by atoms with Crippen molar-refractivity contribution in [2.75, 3.05) is 11.9 Å². The van der Waals surface area contributed by atoms with Crippen LogP contribution in [0.1, 0.15) is 25.5 Å². The fourth-order valence-corrected chi connectivity index (χ4v) is 2.28. The van der Waals surface area contributed by atoms with Crippen LogP contribution in [0.3, 0.4) is 0 Å². The van der Waals surface area contributed by atoms with E-state index < -0.39 is 0 Å². The predicted octanol–water partition coefficient (Wildman–Crippen LogP) is 2.60. The maximum Gasteiger partial charge on any atom is 0.320 e. The number of hydrogen-bond acceptors (Lipinski definition) is 3. The lowest BCUT2D eigenvalue weighted by Crippen LogP contribution is -2.38. The number of carbonyl (C=O) groups excluding carboxylic acids is 1. The summed E-state index contributed by atoms with van der Waals surface area (Å²) in [5.74, 6) is 0.0301. The number of rotatable bonds is 6. The van der Waals surface area contributed by atoms with Gasteiger partial charge in [0.05, 0.1) is 5.69 Å². The van der Waals surface area contributed by atoms with E-state index in [1.54, 1.807) is 22.9 Å². The van der Waals surface area contributed by atoms with Gasteiger partial charge in [0.25, 0.3) is 0 Å². The van der Waals surface area contributed by atoms with Crippen LogP contribution in [-0.2, 0) is 0 Å². The first-order valence-electron chi connectivity index (χ1n) is 7.54. The summed E-state index contributed by atoms with van der Waals surface area (Å²) in [7, 11) is 0. The molecule has 0 bridgehead atoms. The van der Waals surface area contributed by atoms with Crippen molar-refractivity contribution < 1.29 is 14.3 Å². The highest BCUT2D eigenvalue weighted by Gasteiger charge is 2.12. The molecule has 2 rings (SSSR count). The van der Waals surface area contributed by atoms with Gasteiger partial charge in [-0.25, -0.2) is 13.9 Å². The summed E-state index contributed by atoms with van der Waals surface area (Å²) >= 11 is 0. The number of aryl methyl sites for hydroxylation is 1. The Morgan fingerprint density at radius 3 is 2.87 bits per heavy atom. The number of carbonyl (C=O) groups is 1. The van der Waals surface area contributed by atoms with E-state index in [9.17, 15) is 9.18 Å². The van der Waals surface area contributed by atoms with E-state index in [1.807, 2.05) is 13.8 Å². The van der Waals surface area contributed by atoms with Crippen molar-refractivity contribution in [1.29, 1.82) is 0 Å². The molecule has 0 aliphatic rings. The molecule has 2 aromatic rings. The van der Waals surface area contributed by atoms with Gasteiger partial charge in [0.1, 0.15) is 5.82 Å². The van der Waals surface area contributed by atoms with Crippen molar-refractivity contribution >= 4 is 11.8 Å². The Morgan fingerprint density at radius 1 is 1.43 bits per heavy atom. The van der Waals surface area contributed by atoms with Gasteiger partial charge in [-0.2, -0.15) is 0 Å². The molecule has 124 valence electrons. The van der Waals surface area contributed by atoms with Crippen molar-refractivity contribution in [3.63, 3.8) is 0 Å². The molecule has 0 radical (unpaired) electrons. The summed E-state index contributed by atoms with van der Waals surface area (Å²) in [5.41, 5.74) is 1.36. The molecular formula is C16H21FN4O2. The molecule has 0 spiro atoms. The minimum absolute atomic E-state index is 0.0199. The van der Waals surface area contributed by atoms with E-state index in [0.29, 0.717) is 17.9 Å². The van der Waals surface area contributed by atoms with Crippen LogP contribution in [-0.4, -0.2) is 33.6 Å². The molecule has 2 amide bonds. The largest absolute Gasteiger partial charge is 0.396 e. The van der Waals surface area contributed by atoms with Crippen molar-refractivity contribution in [1.82, 2.24) is 15.1 Å². The van der Waals surface area contributed by atoms with Crippen LogP contribution in [0.15, 0.2) is 30.3 Å². The van der Waals surface area contributed by atoms with Crippen LogP contribution in [0.5, 0.6) is 0 Å².